The number of anilines is 1. The molecular weight excluding hydrogens is 264 g/mol. The lowest BCUT2D eigenvalue weighted by Crippen LogP contribution is -2.20. The molecule has 1 aromatic heterocycles. The Morgan fingerprint density at radius 3 is 2.81 bits per heavy atom. The number of nitrogens with zero attached hydrogens (tertiary/aromatic N) is 3. The molecule has 0 atom stereocenters. The second-order valence-corrected chi connectivity index (χ2v) is 5.59. The Labute approximate surface area is 125 Å². The van der Waals surface area contributed by atoms with Crippen molar-refractivity contribution < 1.29 is 4.74 Å². The molecule has 0 unspecified atom stereocenters. The molecule has 1 fully saturated rings. The molecule has 5 heteroatoms. The van der Waals surface area contributed by atoms with Gasteiger partial charge in [0.1, 0.15) is 17.9 Å². The molecule has 0 aliphatic carbocycles. The Balaban J connectivity index is 1.76. The lowest BCUT2D eigenvalue weighted by atomic mass is 10.1. The first-order valence-corrected chi connectivity index (χ1v) is 7.57. The molecule has 5 nitrogen and oxygen atoms in total. The molecule has 112 valence electrons. The summed E-state index contributed by atoms with van der Waals surface area (Å²) in [5, 5.41) is 0.859. The van der Waals surface area contributed by atoms with Crippen molar-refractivity contribution in [3.63, 3.8) is 0 Å². The van der Waals surface area contributed by atoms with Crippen molar-refractivity contribution >= 4 is 16.7 Å². The number of benzene rings is 1. The van der Waals surface area contributed by atoms with Gasteiger partial charge in [-0.1, -0.05) is 0 Å². The van der Waals surface area contributed by atoms with Gasteiger partial charge in [0.25, 0.3) is 0 Å². The fourth-order valence-electron chi connectivity index (χ4n) is 3.03. The summed E-state index contributed by atoms with van der Waals surface area (Å²) in [7, 11) is 1.70. The summed E-state index contributed by atoms with van der Waals surface area (Å²) < 4.78 is 5.51. The predicted octanol–water partition coefficient (Wildman–Crippen LogP) is 2.25. The average Bonchev–Trinajstić information content (AvgIpc) is 3.00. The maximum absolute atomic E-state index is 5.90. The summed E-state index contributed by atoms with van der Waals surface area (Å²) in [5.74, 6) is 1.38. The van der Waals surface area contributed by atoms with Gasteiger partial charge in [-0.05, 0) is 63.0 Å². The van der Waals surface area contributed by atoms with Gasteiger partial charge < -0.3 is 15.4 Å². The first-order valence-electron chi connectivity index (χ1n) is 7.57. The molecule has 1 aliphatic heterocycles. The molecule has 1 aliphatic rings. The zero-order valence-electron chi connectivity index (χ0n) is 12.5. The number of likely N-dealkylation sites (tertiary alicyclic amines) is 1. The van der Waals surface area contributed by atoms with Crippen molar-refractivity contribution in [3.05, 3.63) is 24.0 Å². The lowest BCUT2D eigenvalue weighted by Gasteiger charge is -2.15. The quantitative estimate of drug-likeness (QED) is 0.913. The summed E-state index contributed by atoms with van der Waals surface area (Å²) in [4.78, 5) is 10.9. The van der Waals surface area contributed by atoms with E-state index in [4.69, 9.17) is 10.5 Å². The fraction of sp³-hybridized carbons (Fsp3) is 0.500. The van der Waals surface area contributed by atoms with E-state index in [1.54, 1.807) is 7.11 Å². The predicted molar refractivity (Wildman–Crippen MR) is 84.5 cm³/mol. The van der Waals surface area contributed by atoms with Crippen LogP contribution in [0.3, 0.4) is 0 Å². The van der Waals surface area contributed by atoms with Crippen LogP contribution in [0.4, 0.5) is 5.82 Å². The number of aryl methyl sites for hydroxylation is 1. The molecule has 3 rings (SSSR count). The van der Waals surface area contributed by atoms with Gasteiger partial charge in [-0.15, -0.1) is 0 Å². The number of nitrogens with two attached hydrogens (primary N) is 1. The van der Waals surface area contributed by atoms with Crippen molar-refractivity contribution in [1.29, 1.82) is 0 Å². The smallest absolute Gasteiger partial charge is 0.134 e. The largest absolute Gasteiger partial charge is 0.496 e. The number of aromatic nitrogens is 2. The fourth-order valence-corrected chi connectivity index (χ4v) is 3.03. The molecule has 0 spiro atoms. The van der Waals surface area contributed by atoms with Gasteiger partial charge >= 0.3 is 0 Å². The summed E-state index contributed by atoms with van der Waals surface area (Å²) in [5.41, 5.74) is 7.98. The molecule has 1 saturated heterocycles. The number of rotatable bonds is 5. The molecule has 21 heavy (non-hydrogen) atoms. The molecule has 2 heterocycles. The summed E-state index contributed by atoms with van der Waals surface area (Å²) >= 11 is 0. The topological polar surface area (TPSA) is 64.3 Å². The van der Waals surface area contributed by atoms with Crippen LogP contribution in [-0.2, 0) is 6.42 Å². The molecule has 2 aromatic rings. The van der Waals surface area contributed by atoms with E-state index in [1.807, 2.05) is 6.07 Å². The second kappa shape index (κ2) is 6.26. The third-order valence-electron chi connectivity index (χ3n) is 4.19. The van der Waals surface area contributed by atoms with Crippen LogP contribution in [0.1, 0.15) is 24.8 Å². The van der Waals surface area contributed by atoms with Gasteiger partial charge in [0.05, 0.1) is 12.6 Å². The Morgan fingerprint density at radius 1 is 1.24 bits per heavy atom. The Hall–Kier alpha value is -1.88. The number of nitrogen functional groups attached to an aromatic ring is 1. The Morgan fingerprint density at radius 2 is 2.05 bits per heavy atom. The van der Waals surface area contributed by atoms with Gasteiger partial charge in [0.15, 0.2) is 0 Å². The van der Waals surface area contributed by atoms with Crippen molar-refractivity contribution in [3.8, 4) is 5.75 Å². The highest BCUT2D eigenvalue weighted by Gasteiger charge is 2.12. The maximum atomic E-state index is 5.90. The highest BCUT2D eigenvalue weighted by atomic mass is 16.5. The minimum atomic E-state index is 0.502. The summed E-state index contributed by atoms with van der Waals surface area (Å²) in [6, 6.07) is 4.03. The molecule has 1 aromatic carbocycles. The van der Waals surface area contributed by atoms with Crippen molar-refractivity contribution in [2.24, 2.45) is 0 Å². The molecule has 0 radical (unpaired) electrons. The van der Waals surface area contributed by atoms with Crippen molar-refractivity contribution in [1.82, 2.24) is 14.9 Å². The van der Waals surface area contributed by atoms with Gasteiger partial charge in [0, 0.05) is 5.39 Å². The average molecular weight is 286 g/mol. The third kappa shape index (κ3) is 3.08. The first-order chi connectivity index (χ1) is 10.3. The van der Waals surface area contributed by atoms with Crippen molar-refractivity contribution in [2.75, 3.05) is 32.5 Å². The van der Waals surface area contributed by atoms with E-state index in [0.717, 1.165) is 36.0 Å². The minimum absolute atomic E-state index is 0.502. The van der Waals surface area contributed by atoms with E-state index in [1.165, 1.54) is 37.8 Å². The van der Waals surface area contributed by atoms with E-state index in [9.17, 15) is 0 Å². The van der Waals surface area contributed by atoms with E-state index in [0.29, 0.717) is 5.82 Å². The normalized spacial score (nSPS) is 15.7. The molecule has 0 amide bonds. The standard InChI is InChI=1S/C16H22N4O/c1-21-15-10-13-14(18-11-19-16(13)17)9-12(15)5-4-8-20-6-2-3-7-20/h9-11H,2-8H2,1H3,(H2,17,18,19). The van der Waals surface area contributed by atoms with E-state index >= 15 is 0 Å². The van der Waals surface area contributed by atoms with Gasteiger partial charge in [-0.2, -0.15) is 0 Å². The highest BCUT2D eigenvalue weighted by molar-refractivity contribution is 5.89. The van der Waals surface area contributed by atoms with Crippen LogP contribution < -0.4 is 10.5 Å². The van der Waals surface area contributed by atoms with Crippen LogP contribution in [0.2, 0.25) is 0 Å². The summed E-state index contributed by atoms with van der Waals surface area (Å²) in [6.07, 6.45) is 6.34. The minimum Gasteiger partial charge on any atom is -0.496 e. The molecule has 0 saturated carbocycles. The number of ether oxygens (including phenoxy) is 1. The Bertz CT molecular complexity index is 623. The zero-order chi connectivity index (χ0) is 14.7. The monoisotopic (exact) mass is 286 g/mol. The van der Waals surface area contributed by atoms with Crippen LogP contribution in [0, 0.1) is 0 Å². The zero-order valence-corrected chi connectivity index (χ0v) is 12.5. The van der Waals surface area contributed by atoms with Crippen LogP contribution in [-0.4, -0.2) is 41.6 Å². The molecule has 0 bridgehead atoms. The number of fused-ring (bicyclic) bond motifs is 1. The lowest BCUT2D eigenvalue weighted by molar-refractivity contribution is 0.332. The summed E-state index contributed by atoms with van der Waals surface area (Å²) in [6.45, 7) is 3.66. The van der Waals surface area contributed by atoms with Crippen LogP contribution in [0.25, 0.3) is 10.9 Å². The molecule has 2 N–H and O–H groups in total. The maximum Gasteiger partial charge on any atom is 0.134 e. The van der Waals surface area contributed by atoms with Crippen molar-refractivity contribution in [2.45, 2.75) is 25.7 Å². The Kier molecular flexibility index (Phi) is 4.20. The second-order valence-electron chi connectivity index (χ2n) is 5.59. The van der Waals surface area contributed by atoms with E-state index in [2.05, 4.69) is 20.9 Å². The van der Waals surface area contributed by atoms with Crippen LogP contribution in [0.5, 0.6) is 5.75 Å². The number of hydrogen-bond donors (Lipinski definition) is 1. The van der Waals surface area contributed by atoms with Gasteiger partial charge in [-0.25, -0.2) is 9.97 Å². The van der Waals surface area contributed by atoms with Gasteiger partial charge in [-0.3, -0.25) is 0 Å². The van der Waals surface area contributed by atoms with Crippen LogP contribution in [0.15, 0.2) is 18.5 Å². The van der Waals surface area contributed by atoms with E-state index in [-0.39, 0.29) is 0 Å². The SMILES string of the molecule is COc1cc2c(N)ncnc2cc1CCCN1CCCC1. The van der Waals surface area contributed by atoms with Crippen LogP contribution >= 0.6 is 0 Å². The highest BCUT2D eigenvalue weighted by Crippen LogP contribution is 2.28. The third-order valence-corrected chi connectivity index (χ3v) is 4.19. The van der Waals surface area contributed by atoms with Gasteiger partial charge in [0.2, 0.25) is 0 Å². The van der Waals surface area contributed by atoms with E-state index < -0.39 is 0 Å². The molecular formula is C16H22N4O. The number of hydrogen-bond acceptors (Lipinski definition) is 5. The number of methoxy groups -OCH3 is 1. The first kappa shape index (κ1) is 14.1.